The van der Waals surface area contributed by atoms with Crippen molar-refractivity contribution in [2.24, 2.45) is 0 Å². The maximum Gasteiger partial charge on any atom is 0.573 e. The van der Waals surface area contributed by atoms with Crippen LogP contribution in [0.2, 0.25) is 0 Å². The Balaban J connectivity index is 1.76. The zero-order valence-electron chi connectivity index (χ0n) is 12.9. The summed E-state index contributed by atoms with van der Waals surface area (Å²) in [5.74, 6) is 0.207. The van der Waals surface area contributed by atoms with Crippen molar-refractivity contribution in [2.45, 2.75) is 12.9 Å². The number of pyridine rings is 1. The Kier molecular flexibility index (Phi) is 4.78. The van der Waals surface area contributed by atoms with Crippen LogP contribution in [0.3, 0.4) is 0 Å². The maximum absolute atomic E-state index is 12.3. The molecule has 0 fully saturated rings. The summed E-state index contributed by atoms with van der Waals surface area (Å²) in [6.07, 6.45) is 1.65. The summed E-state index contributed by atoms with van der Waals surface area (Å²) >= 11 is 0. The first-order valence-corrected chi connectivity index (χ1v) is 7.31. The molecule has 3 rings (SSSR count). The number of halogens is 3. The summed E-state index contributed by atoms with van der Waals surface area (Å²) in [6.45, 7) is 0.526. The van der Waals surface area contributed by atoms with E-state index in [1.54, 1.807) is 24.7 Å². The minimum Gasteiger partial charge on any atom is -0.406 e. The van der Waals surface area contributed by atoms with Crippen LogP contribution >= 0.6 is 0 Å². The second-order valence-corrected chi connectivity index (χ2v) is 5.07. The highest BCUT2D eigenvalue weighted by Crippen LogP contribution is 2.27. The van der Waals surface area contributed by atoms with Crippen LogP contribution in [-0.4, -0.2) is 21.3 Å². The third-order valence-corrected chi connectivity index (χ3v) is 3.22. The second-order valence-electron chi connectivity index (χ2n) is 5.07. The minimum atomic E-state index is -4.74. The van der Waals surface area contributed by atoms with Crippen molar-refractivity contribution in [3.63, 3.8) is 0 Å². The molecule has 0 aliphatic heterocycles. The number of hydrogen-bond acceptors (Lipinski definition) is 5. The number of alkyl halides is 3. The quantitative estimate of drug-likeness (QED) is 0.755. The van der Waals surface area contributed by atoms with E-state index in [9.17, 15) is 13.2 Å². The molecule has 1 aromatic carbocycles. The maximum atomic E-state index is 12.3. The molecule has 0 aliphatic carbocycles. The molecule has 0 bridgehead atoms. The molecule has 1 N–H and O–H groups in total. The number of hydrogen-bond donors (Lipinski definition) is 1. The lowest BCUT2D eigenvalue weighted by atomic mass is 10.1. The van der Waals surface area contributed by atoms with Crippen LogP contribution < -0.4 is 10.1 Å². The lowest BCUT2D eigenvalue weighted by Crippen LogP contribution is -2.17. The van der Waals surface area contributed by atoms with Gasteiger partial charge in [-0.2, -0.15) is 0 Å². The minimum absolute atomic E-state index is 0.304. The van der Waals surface area contributed by atoms with Gasteiger partial charge in [-0.25, -0.2) is 4.98 Å². The number of nitrogens with zero attached hydrogens (tertiary/aromatic N) is 3. The number of aromatic nitrogens is 3. The van der Waals surface area contributed by atoms with Crippen molar-refractivity contribution in [2.75, 3.05) is 5.32 Å². The number of nitrogens with one attached hydrogen (secondary N) is 1. The Morgan fingerprint density at radius 2 is 1.80 bits per heavy atom. The fourth-order valence-corrected chi connectivity index (χ4v) is 2.14. The van der Waals surface area contributed by atoms with E-state index >= 15 is 0 Å². The predicted molar refractivity (Wildman–Crippen MR) is 85.7 cm³/mol. The molecule has 8 heteroatoms. The van der Waals surface area contributed by atoms with E-state index in [2.05, 4.69) is 25.0 Å². The van der Waals surface area contributed by atoms with E-state index in [-0.39, 0.29) is 5.75 Å². The molecule has 0 amide bonds. The summed E-state index contributed by atoms with van der Waals surface area (Å²) in [5.41, 5.74) is 1.93. The second kappa shape index (κ2) is 7.16. The van der Waals surface area contributed by atoms with E-state index in [4.69, 9.17) is 0 Å². The summed E-state index contributed by atoms with van der Waals surface area (Å²) < 4.78 is 40.9. The molecular weight excluding hydrogens is 333 g/mol. The van der Waals surface area contributed by atoms with Gasteiger partial charge < -0.3 is 10.1 Å². The van der Waals surface area contributed by atoms with Gasteiger partial charge in [0.15, 0.2) is 0 Å². The first kappa shape index (κ1) is 16.7. The Bertz CT molecular complexity index is 841. The third-order valence-electron chi connectivity index (χ3n) is 3.22. The topological polar surface area (TPSA) is 59.9 Å². The van der Waals surface area contributed by atoms with Gasteiger partial charge in [0, 0.05) is 24.5 Å². The van der Waals surface area contributed by atoms with Crippen LogP contribution in [0.4, 0.5) is 19.0 Å². The zero-order chi connectivity index (χ0) is 17.7. The van der Waals surface area contributed by atoms with Gasteiger partial charge in [-0.1, -0.05) is 12.1 Å². The Morgan fingerprint density at radius 1 is 1.00 bits per heavy atom. The smallest absolute Gasteiger partial charge is 0.406 e. The molecule has 0 aliphatic rings. The Labute approximate surface area is 141 Å². The monoisotopic (exact) mass is 346 g/mol. The predicted octanol–water partition coefficient (Wildman–Crippen LogP) is 4.05. The van der Waals surface area contributed by atoms with Crippen molar-refractivity contribution >= 4 is 5.82 Å². The molecule has 0 radical (unpaired) electrons. The van der Waals surface area contributed by atoms with Crippen LogP contribution in [0.25, 0.3) is 11.3 Å². The first-order chi connectivity index (χ1) is 12.0. The van der Waals surface area contributed by atoms with E-state index in [0.29, 0.717) is 23.6 Å². The Hall–Kier alpha value is -3.16. The summed E-state index contributed by atoms with van der Waals surface area (Å²) in [7, 11) is 0. The molecule has 0 saturated carbocycles. The average molecular weight is 346 g/mol. The van der Waals surface area contributed by atoms with Crippen molar-refractivity contribution in [3.8, 4) is 17.0 Å². The molecule has 0 spiro atoms. The molecule has 2 aromatic heterocycles. The number of anilines is 1. The highest BCUT2D eigenvalue weighted by atomic mass is 19.4. The van der Waals surface area contributed by atoms with Crippen LogP contribution in [-0.2, 0) is 6.54 Å². The molecule has 3 aromatic rings. The van der Waals surface area contributed by atoms with Crippen molar-refractivity contribution in [1.82, 2.24) is 15.0 Å². The fourth-order valence-electron chi connectivity index (χ4n) is 2.14. The van der Waals surface area contributed by atoms with Crippen LogP contribution in [0.1, 0.15) is 5.56 Å². The highest BCUT2D eigenvalue weighted by molar-refractivity contribution is 5.61. The van der Waals surface area contributed by atoms with Gasteiger partial charge >= 0.3 is 6.36 Å². The number of ether oxygens (including phenoxy) is 1. The number of rotatable bonds is 5. The van der Waals surface area contributed by atoms with Gasteiger partial charge in [-0.15, -0.1) is 13.2 Å². The normalized spacial score (nSPS) is 11.2. The van der Waals surface area contributed by atoms with Crippen LogP contribution in [0, 0.1) is 0 Å². The SMILES string of the molecule is FC(F)(F)Oc1cccc(-c2cncc(NCc3ccncc3)n2)c1. The van der Waals surface area contributed by atoms with E-state index in [0.717, 1.165) is 5.56 Å². The van der Waals surface area contributed by atoms with E-state index < -0.39 is 6.36 Å². The molecule has 2 heterocycles. The molecule has 0 saturated heterocycles. The van der Waals surface area contributed by atoms with Crippen LogP contribution in [0.5, 0.6) is 5.75 Å². The van der Waals surface area contributed by atoms with Gasteiger partial charge in [0.1, 0.15) is 11.6 Å². The van der Waals surface area contributed by atoms with Crippen LogP contribution in [0.15, 0.2) is 61.2 Å². The molecule has 0 unspecified atom stereocenters. The lowest BCUT2D eigenvalue weighted by Gasteiger charge is -2.10. The standard InChI is InChI=1S/C17H13F3N4O/c18-17(19,20)25-14-3-1-2-13(8-14)15-10-22-11-16(24-15)23-9-12-4-6-21-7-5-12/h1-8,10-11H,9H2,(H,23,24). The van der Waals surface area contributed by atoms with Crippen molar-refractivity contribution in [1.29, 1.82) is 0 Å². The van der Waals surface area contributed by atoms with Gasteiger partial charge in [0.25, 0.3) is 0 Å². The van der Waals surface area contributed by atoms with Crippen molar-refractivity contribution < 1.29 is 17.9 Å². The molecule has 25 heavy (non-hydrogen) atoms. The average Bonchev–Trinajstić information content (AvgIpc) is 2.60. The van der Waals surface area contributed by atoms with Gasteiger partial charge in [-0.3, -0.25) is 9.97 Å². The molecule has 0 atom stereocenters. The lowest BCUT2D eigenvalue weighted by molar-refractivity contribution is -0.274. The molecular formula is C17H13F3N4O. The highest BCUT2D eigenvalue weighted by Gasteiger charge is 2.31. The van der Waals surface area contributed by atoms with E-state index in [1.165, 1.54) is 24.4 Å². The molecule has 128 valence electrons. The van der Waals surface area contributed by atoms with Gasteiger partial charge in [-0.05, 0) is 29.8 Å². The van der Waals surface area contributed by atoms with Gasteiger partial charge in [0.2, 0.25) is 0 Å². The fraction of sp³-hybridized carbons (Fsp3) is 0.118. The van der Waals surface area contributed by atoms with E-state index in [1.807, 2.05) is 12.1 Å². The van der Waals surface area contributed by atoms with Crippen molar-refractivity contribution in [3.05, 3.63) is 66.7 Å². The molecule has 5 nitrogen and oxygen atoms in total. The summed E-state index contributed by atoms with van der Waals surface area (Å²) in [4.78, 5) is 12.4. The summed E-state index contributed by atoms with van der Waals surface area (Å²) in [5, 5.41) is 3.11. The largest absolute Gasteiger partial charge is 0.573 e. The van der Waals surface area contributed by atoms with Gasteiger partial charge in [0.05, 0.1) is 18.1 Å². The first-order valence-electron chi connectivity index (χ1n) is 7.31. The zero-order valence-corrected chi connectivity index (χ0v) is 12.9. The number of benzene rings is 1. The summed E-state index contributed by atoms with van der Waals surface area (Å²) in [6, 6.07) is 9.33. The Morgan fingerprint density at radius 3 is 2.56 bits per heavy atom. The third kappa shape index (κ3) is 4.90.